The van der Waals surface area contributed by atoms with Crippen molar-refractivity contribution >= 4 is 0 Å². The Balaban J connectivity index is 4.25. The number of hydrogen-bond donors (Lipinski definition) is 0. The van der Waals surface area contributed by atoms with Crippen LogP contribution < -0.4 is 0 Å². The van der Waals surface area contributed by atoms with Gasteiger partial charge in [-0.2, -0.15) is 0 Å². The maximum atomic E-state index is 4.18. The lowest BCUT2D eigenvalue weighted by Gasteiger charge is -2.22. The molecule has 0 radical (unpaired) electrons. The molecule has 0 spiro atoms. The van der Waals surface area contributed by atoms with Crippen LogP contribution in [-0.2, 0) is 0 Å². The van der Waals surface area contributed by atoms with Crippen LogP contribution in [0.1, 0.15) is 54.4 Å². The molecule has 0 saturated heterocycles. The second kappa shape index (κ2) is 6.08. The summed E-state index contributed by atoms with van der Waals surface area (Å²) < 4.78 is 0. The van der Waals surface area contributed by atoms with Crippen molar-refractivity contribution in [2.45, 2.75) is 54.4 Å². The van der Waals surface area contributed by atoms with Crippen LogP contribution in [0, 0.1) is 11.3 Å². The topological polar surface area (TPSA) is 0 Å². The predicted molar refractivity (Wildman–Crippen MR) is 75.6 cm³/mol. The van der Waals surface area contributed by atoms with Crippen molar-refractivity contribution in [1.82, 2.24) is 0 Å². The Morgan fingerprint density at radius 3 is 2.06 bits per heavy atom. The Kier molecular flexibility index (Phi) is 5.78. The van der Waals surface area contributed by atoms with Crippen LogP contribution in [0.15, 0.2) is 36.0 Å². The van der Waals surface area contributed by atoms with Crippen molar-refractivity contribution < 1.29 is 0 Å². The van der Waals surface area contributed by atoms with Gasteiger partial charge in [-0.3, -0.25) is 0 Å². The molecule has 92 valence electrons. The summed E-state index contributed by atoms with van der Waals surface area (Å²) in [5, 5.41) is 0. The molecule has 0 N–H and O–H groups in total. The summed E-state index contributed by atoms with van der Waals surface area (Å²) >= 11 is 0. The normalized spacial score (nSPS) is 13.1. The number of hydrogen-bond acceptors (Lipinski definition) is 0. The minimum Gasteiger partial charge on any atom is -0.0998 e. The maximum Gasteiger partial charge on any atom is -0.0159 e. The van der Waals surface area contributed by atoms with Gasteiger partial charge < -0.3 is 0 Å². The fourth-order valence-electron chi connectivity index (χ4n) is 1.90. The van der Waals surface area contributed by atoms with Crippen LogP contribution in [-0.4, -0.2) is 0 Å². The highest BCUT2D eigenvalue weighted by atomic mass is 14.2. The average Bonchev–Trinajstić information content (AvgIpc) is 1.98. The van der Waals surface area contributed by atoms with E-state index >= 15 is 0 Å². The van der Waals surface area contributed by atoms with Crippen LogP contribution >= 0.6 is 0 Å². The summed E-state index contributed by atoms with van der Waals surface area (Å²) in [5.74, 6) is 0.504. The van der Waals surface area contributed by atoms with Gasteiger partial charge in [0.25, 0.3) is 0 Å². The molecule has 0 heterocycles. The van der Waals surface area contributed by atoms with Gasteiger partial charge in [0.05, 0.1) is 0 Å². The summed E-state index contributed by atoms with van der Waals surface area (Å²) in [6.45, 7) is 21.5. The highest BCUT2D eigenvalue weighted by Crippen LogP contribution is 2.28. The molecule has 0 saturated carbocycles. The number of rotatable bonds is 5. The molecule has 0 aromatic heterocycles. The Morgan fingerprint density at radius 2 is 1.69 bits per heavy atom. The second-order valence-corrected chi connectivity index (χ2v) is 6.39. The lowest BCUT2D eigenvalue weighted by Crippen LogP contribution is -2.08. The third-order valence-corrected chi connectivity index (χ3v) is 2.48. The molecule has 0 aromatic rings. The zero-order valence-corrected chi connectivity index (χ0v) is 12.0. The zero-order chi connectivity index (χ0) is 12.9. The monoisotopic (exact) mass is 220 g/mol. The molecule has 0 aliphatic rings. The van der Waals surface area contributed by atoms with Gasteiger partial charge in [0.1, 0.15) is 0 Å². The first-order valence-electron chi connectivity index (χ1n) is 6.12. The Morgan fingerprint density at radius 1 is 1.19 bits per heavy atom. The van der Waals surface area contributed by atoms with E-state index in [9.17, 15) is 0 Å². The van der Waals surface area contributed by atoms with Gasteiger partial charge in [-0.15, -0.1) is 0 Å². The first-order chi connectivity index (χ1) is 7.11. The van der Waals surface area contributed by atoms with Gasteiger partial charge in [0, 0.05) is 0 Å². The van der Waals surface area contributed by atoms with Gasteiger partial charge in [-0.25, -0.2) is 0 Å². The molecule has 0 fully saturated rings. The maximum absolute atomic E-state index is 4.18. The van der Waals surface area contributed by atoms with Crippen molar-refractivity contribution in [3.05, 3.63) is 36.0 Å². The molecule has 1 atom stereocenters. The zero-order valence-electron chi connectivity index (χ0n) is 12.0. The van der Waals surface area contributed by atoms with Crippen LogP contribution in [0.25, 0.3) is 0 Å². The summed E-state index contributed by atoms with van der Waals surface area (Å²) in [4.78, 5) is 0. The second-order valence-electron chi connectivity index (χ2n) is 6.39. The summed E-state index contributed by atoms with van der Waals surface area (Å²) in [6, 6.07) is 0. The quantitative estimate of drug-likeness (QED) is 0.422. The average molecular weight is 220 g/mol. The molecule has 0 amide bonds. The highest BCUT2D eigenvalue weighted by Gasteiger charge is 2.14. The van der Waals surface area contributed by atoms with E-state index < -0.39 is 0 Å². The fourth-order valence-corrected chi connectivity index (χ4v) is 1.90. The largest absolute Gasteiger partial charge is 0.0998 e. The fraction of sp³-hybridized carbons (Fsp3) is 0.625. The van der Waals surface area contributed by atoms with Crippen LogP contribution in [0.5, 0.6) is 0 Å². The minimum atomic E-state index is 0.342. The van der Waals surface area contributed by atoms with E-state index in [0.717, 1.165) is 12.8 Å². The molecule has 0 aliphatic heterocycles. The van der Waals surface area contributed by atoms with E-state index in [1.165, 1.54) is 16.7 Å². The SMILES string of the molecule is C=C(CC(C)C(=C)C=C(C)C)CC(C)(C)C. The lowest BCUT2D eigenvalue weighted by atomic mass is 9.84. The molecule has 0 aliphatic carbocycles. The van der Waals surface area contributed by atoms with Gasteiger partial charge in [0.2, 0.25) is 0 Å². The third-order valence-electron chi connectivity index (χ3n) is 2.48. The summed E-state index contributed by atoms with van der Waals surface area (Å²) in [6.07, 6.45) is 4.33. The molecule has 0 aromatic carbocycles. The van der Waals surface area contributed by atoms with Crippen molar-refractivity contribution in [1.29, 1.82) is 0 Å². The van der Waals surface area contributed by atoms with Crippen LogP contribution in [0.4, 0.5) is 0 Å². The van der Waals surface area contributed by atoms with Gasteiger partial charge >= 0.3 is 0 Å². The van der Waals surface area contributed by atoms with Crippen molar-refractivity contribution in [3.8, 4) is 0 Å². The van der Waals surface area contributed by atoms with E-state index in [4.69, 9.17) is 0 Å². The van der Waals surface area contributed by atoms with Crippen molar-refractivity contribution in [2.75, 3.05) is 0 Å². The number of allylic oxidation sites excluding steroid dienone is 4. The van der Waals surface area contributed by atoms with Gasteiger partial charge in [0.15, 0.2) is 0 Å². The molecular formula is C16H28. The Labute approximate surface area is 102 Å². The third kappa shape index (κ3) is 7.50. The molecule has 0 nitrogen and oxygen atoms in total. The van der Waals surface area contributed by atoms with Crippen LogP contribution in [0.2, 0.25) is 0 Å². The van der Waals surface area contributed by atoms with Crippen molar-refractivity contribution in [3.63, 3.8) is 0 Å². The Bertz CT molecular complexity index is 280. The molecule has 0 rings (SSSR count). The van der Waals surface area contributed by atoms with E-state index in [2.05, 4.69) is 60.8 Å². The highest BCUT2D eigenvalue weighted by molar-refractivity contribution is 5.22. The van der Waals surface area contributed by atoms with Gasteiger partial charge in [-0.1, -0.05) is 63.6 Å². The van der Waals surface area contributed by atoms with E-state index in [1.807, 2.05) is 0 Å². The van der Waals surface area contributed by atoms with Crippen LogP contribution in [0.3, 0.4) is 0 Å². The first kappa shape index (κ1) is 15.2. The lowest BCUT2D eigenvalue weighted by molar-refractivity contribution is 0.400. The van der Waals surface area contributed by atoms with E-state index in [-0.39, 0.29) is 0 Å². The molecule has 0 heteroatoms. The standard InChI is InChI=1S/C16H28/c1-12(2)9-14(4)15(5)10-13(3)11-16(6,7)8/h9,15H,3-4,10-11H2,1-2,5-8H3. The molecule has 16 heavy (non-hydrogen) atoms. The van der Waals surface area contributed by atoms with E-state index in [0.29, 0.717) is 11.3 Å². The summed E-state index contributed by atoms with van der Waals surface area (Å²) in [5.41, 5.74) is 4.21. The smallest absolute Gasteiger partial charge is 0.0159 e. The molecule has 1 unspecified atom stereocenters. The summed E-state index contributed by atoms with van der Waals surface area (Å²) in [7, 11) is 0. The first-order valence-corrected chi connectivity index (χ1v) is 6.12. The molecule has 0 bridgehead atoms. The molecular weight excluding hydrogens is 192 g/mol. The van der Waals surface area contributed by atoms with Crippen molar-refractivity contribution in [2.24, 2.45) is 11.3 Å². The van der Waals surface area contributed by atoms with Gasteiger partial charge in [-0.05, 0) is 38.0 Å². The predicted octanol–water partition coefficient (Wildman–Crippen LogP) is 5.53. The van der Waals surface area contributed by atoms with E-state index in [1.54, 1.807) is 0 Å². The minimum absolute atomic E-state index is 0.342. The Hall–Kier alpha value is -0.780.